The van der Waals surface area contributed by atoms with Gasteiger partial charge >= 0.3 is 0 Å². The number of hydrogen-bond acceptors (Lipinski definition) is 3. The molecule has 0 bridgehead atoms. The first kappa shape index (κ1) is 15.9. The second-order valence-corrected chi connectivity index (χ2v) is 5.01. The molecule has 22 heavy (non-hydrogen) atoms. The van der Waals surface area contributed by atoms with E-state index >= 15 is 0 Å². The molecule has 1 aromatic carbocycles. The van der Waals surface area contributed by atoms with Crippen LogP contribution in [0.4, 0.5) is 0 Å². The molecular weight excluding hydrogens is 292 g/mol. The topological polar surface area (TPSA) is 49.3 Å². The molecule has 5 heteroatoms. The summed E-state index contributed by atoms with van der Waals surface area (Å²) in [6.07, 6.45) is 5.18. The normalized spacial score (nSPS) is 10.4. The summed E-state index contributed by atoms with van der Waals surface area (Å²) in [5.41, 5.74) is 6.94. The van der Waals surface area contributed by atoms with Gasteiger partial charge in [0, 0.05) is 12.7 Å². The SMILES string of the molecule is C=CCNC(=S)N/N=C\c1nccc(-c2ccccc2)c1C. The lowest BCUT2D eigenvalue weighted by molar-refractivity contribution is 0.940. The summed E-state index contributed by atoms with van der Waals surface area (Å²) in [5.74, 6) is 0. The highest BCUT2D eigenvalue weighted by Gasteiger charge is 2.05. The largest absolute Gasteiger partial charge is 0.358 e. The zero-order chi connectivity index (χ0) is 15.8. The van der Waals surface area contributed by atoms with E-state index in [1.807, 2.05) is 31.2 Å². The molecule has 0 aliphatic rings. The Morgan fingerprint density at radius 3 is 2.82 bits per heavy atom. The molecule has 0 aliphatic carbocycles. The van der Waals surface area contributed by atoms with E-state index in [2.05, 4.69) is 39.5 Å². The number of nitrogens with one attached hydrogen (secondary N) is 2. The first-order valence-corrected chi connectivity index (χ1v) is 7.32. The first-order chi connectivity index (χ1) is 10.7. The van der Waals surface area contributed by atoms with E-state index in [0.717, 1.165) is 22.4 Å². The maximum atomic E-state index is 5.07. The van der Waals surface area contributed by atoms with E-state index in [-0.39, 0.29) is 0 Å². The van der Waals surface area contributed by atoms with E-state index in [0.29, 0.717) is 11.7 Å². The lowest BCUT2D eigenvalue weighted by Gasteiger charge is -2.08. The minimum absolute atomic E-state index is 0.452. The fourth-order valence-corrected chi connectivity index (χ4v) is 2.10. The molecular formula is C17H18N4S. The molecule has 0 atom stereocenters. The van der Waals surface area contributed by atoms with Gasteiger partial charge in [-0.05, 0) is 41.9 Å². The van der Waals surface area contributed by atoms with Gasteiger partial charge in [0.15, 0.2) is 5.11 Å². The third-order valence-corrected chi connectivity index (χ3v) is 3.32. The van der Waals surface area contributed by atoms with E-state index in [1.54, 1.807) is 18.5 Å². The predicted octanol–water partition coefficient (Wildman–Crippen LogP) is 3.04. The van der Waals surface area contributed by atoms with Crippen molar-refractivity contribution in [3.05, 3.63) is 66.5 Å². The molecule has 0 spiro atoms. The highest BCUT2D eigenvalue weighted by molar-refractivity contribution is 7.80. The van der Waals surface area contributed by atoms with Gasteiger partial charge in [0.2, 0.25) is 0 Å². The summed E-state index contributed by atoms with van der Waals surface area (Å²) in [6, 6.07) is 12.2. The van der Waals surface area contributed by atoms with Crippen molar-refractivity contribution >= 4 is 23.5 Å². The molecule has 0 amide bonds. The minimum Gasteiger partial charge on any atom is -0.358 e. The Bertz CT molecular complexity index is 680. The van der Waals surface area contributed by atoms with Gasteiger partial charge in [-0.25, -0.2) is 0 Å². The molecule has 0 saturated heterocycles. The summed E-state index contributed by atoms with van der Waals surface area (Å²) in [5, 5.41) is 7.50. The van der Waals surface area contributed by atoms with Crippen LogP contribution in [-0.2, 0) is 0 Å². The molecule has 0 aliphatic heterocycles. The van der Waals surface area contributed by atoms with Crippen LogP contribution in [0.15, 0.2) is 60.4 Å². The van der Waals surface area contributed by atoms with Crippen molar-refractivity contribution in [3.8, 4) is 11.1 Å². The minimum atomic E-state index is 0.452. The maximum absolute atomic E-state index is 5.07. The summed E-state index contributed by atoms with van der Waals surface area (Å²) in [7, 11) is 0. The summed E-state index contributed by atoms with van der Waals surface area (Å²) in [6.45, 7) is 6.24. The van der Waals surface area contributed by atoms with E-state index < -0.39 is 0 Å². The quantitative estimate of drug-likeness (QED) is 0.386. The molecule has 0 unspecified atom stereocenters. The highest BCUT2D eigenvalue weighted by atomic mass is 32.1. The molecule has 4 nitrogen and oxygen atoms in total. The Morgan fingerprint density at radius 1 is 1.32 bits per heavy atom. The van der Waals surface area contributed by atoms with Gasteiger partial charge in [0.05, 0.1) is 11.9 Å². The molecule has 1 aromatic heterocycles. The smallest absolute Gasteiger partial charge is 0.187 e. The molecule has 112 valence electrons. The van der Waals surface area contributed by atoms with Crippen LogP contribution in [-0.4, -0.2) is 22.9 Å². The van der Waals surface area contributed by atoms with Crippen LogP contribution in [0.1, 0.15) is 11.3 Å². The number of hydrazone groups is 1. The number of nitrogens with zero attached hydrogens (tertiary/aromatic N) is 2. The van der Waals surface area contributed by atoms with Crippen molar-refractivity contribution in [1.29, 1.82) is 0 Å². The van der Waals surface area contributed by atoms with Gasteiger partial charge in [-0.15, -0.1) is 6.58 Å². The standard InChI is InChI=1S/C17H18N4S/c1-3-10-19-17(22)21-20-12-16-13(2)15(9-11-18-16)14-7-5-4-6-8-14/h3-9,11-12H,1,10H2,2H3,(H2,19,21,22)/b20-12-. The van der Waals surface area contributed by atoms with Gasteiger partial charge < -0.3 is 5.32 Å². The maximum Gasteiger partial charge on any atom is 0.187 e. The Labute approximate surface area is 136 Å². The second kappa shape index (κ2) is 8.05. The first-order valence-electron chi connectivity index (χ1n) is 6.91. The van der Waals surface area contributed by atoms with Gasteiger partial charge in [0.1, 0.15) is 0 Å². The fourth-order valence-electron chi connectivity index (χ4n) is 1.97. The summed E-state index contributed by atoms with van der Waals surface area (Å²) < 4.78 is 0. The second-order valence-electron chi connectivity index (χ2n) is 4.60. The Morgan fingerprint density at radius 2 is 2.09 bits per heavy atom. The third-order valence-electron chi connectivity index (χ3n) is 3.09. The number of aromatic nitrogens is 1. The van der Waals surface area contributed by atoms with Crippen LogP contribution in [0.3, 0.4) is 0 Å². The number of hydrogen-bond donors (Lipinski definition) is 2. The zero-order valence-corrected chi connectivity index (χ0v) is 13.2. The van der Waals surface area contributed by atoms with Crippen molar-refractivity contribution in [2.24, 2.45) is 5.10 Å². The zero-order valence-electron chi connectivity index (χ0n) is 12.4. The van der Waals surface area contributed by atoms with Gasteiger partial charge in [-0.3, -0.25) is 10.4 Å². The van der Waals surface area contributed by atoms with E-state index in [4.69, 9.17) is 12.2 Å². The van der Waals surface area contributed by atoms with Crippen LogP contribution in [0.25, 0.3) is 11.1 Å². The number of thiocarbonyl (C=S) groups is 1. The van der Waals surface area contributed by atoms with Crippen molar-refractivity contribution in [2.45, 2.75) is 6.92 Å². The molecule has 2 aromatic rings. The van der Waals surface area contributed by atoms with Crippen LogP contribution < -0.4 is 10.7 Å². The monoisotopic (exact) mass is 310 g/mol. The number of rotatable bonds is 5. The van der Waals surface area contributed by atoms with Gasteiger partial charge in [-0.2, -0.15) is 5.10 Å². The Hall–Kier alpha value is -2.53. The van der Waals surface area contributed by atoms with Crippen molar-refractivity contribution in [3.63, 3.8) is 0 Å². The Balaban J connectivity index is 2.13. The molecule has 0 fully saturated rings. The van der Waals surface area contributed by atoms with Crippen LogP contribution in [0, 0.1) is 6.92 Å². The Kier molecular flexibility index (Phi) is 5.80. The molecule has 2 rings (SSSR count). The van der Waals surface area contributed by atoms with Crippen LogP contribution in [0.2, 0.25) is 0 Å². The molecule has 2 N–H and O–H groups in total. The van der Waals surface area contributed by atoms with E-state index in [9.17, 15) is 0 Å². The number of pyridine rings is 1. The van der Waals surface area contributed by atoms with Crippen molar-refractivity contribution in [1.82, 2.24) is 15.7 Å². The van der Waals surface area contributed by atoms with Crippen molar-refractivity contribution < 1.29 is 0 Å². The molecule has 0 saturated carbocycles. The number of benzene rings is 1. The summed E-state index contributed by atoms with van der Waals surface area (Å²) >= 11 is 5.07. The van der Waals surface area contributed by atoms with Gasteiger partial charge in [-0.1, -0.05) is 36.4 Å². The third kappa shape index (κ3) is 4.23. The van der Waals surface area contributed by atoms with Crippen LogP contribution >= 0.6 is 12.2 Å². The lowest BCUT2D eigenvalue weighted by atomic mass is 10.0. The van der Waals surface area contributed by atoms with E-state index in [1.165, 1.54) is 0 Å². The fraction of sp³-hybridized carbons (Fsp3) is 0.118. The average Bonchev–Trinajstić information content (AvgIpc) is 2.55. The van der Waals surface area contributed by atoms with Crippen molar-refractivity contribution in [2.75, 3.05) is 6.54 Å². The van der Waals surface area contributed by atoms with Crippen LogP contribution in [0.5, 0.6) is 0 Å². The summed E-state index contributed by atoms with van der Waals surface area (Å²) in [4.78, 5) is 4.35. The predicted molar refractivity (Wildman–Crippen MR) is 95.9 cm³/mol. The molecule has 1 heterocycles. The average molecular weight is 310 g/mol. The molecule has 0 radical (unpaired) electrons. The van der Waals surface area contributed by atoms with Gasteiger partial charge in [0.25, 0.3) is 0 Å². The highest BCUT2D eigenvalue weighted by Crippen LogP contribution is 2.23. The lowest BCUT2D eigenvalue weighted by Crippen LogP contribution is -2.31.